The van der Waals surface area contributed by atoms with Gasteiger partial charge >= 0.3 is 6.03 Å². The number of hydrogen-bond acceptors (Lipinski definition) is 5. The Balaban J connectivity index is 1.52. The molecule has 0 spiro atoms. The van der Waals surface area contributed by atoms with Gasteiger partial charge in [-0.25, -0.2) is 19.4 Å². The molecule has 8 heteroatoms. The monoisotopic (exact) mass is 351 g/mol. The lowest BCUT2D eigenvalue weighted by Crippen LogP contribution is -2.30. The lowest BCUT2D eigenvalue weighted by atomic mass is 10.1. The van der Waals surface area contributed by atoms with Gasteiger partial charge in [0.2, 0.25) is 0 Å². The van der Waals surface area contributed by atoms with Gasteiger partial charge in [0.15, 0.2) is 0 Å². The fourth-order valence-corrected chi connectivity index (χ4v) is 2.30. The van der Waals surface area contributed by atoms with Crippen molar-refractivity contribution < 1.29 is 4.79 Å². The summed E-state index contributed by atoms with van der Waals surface area (Å²) in [6.07, 6.45) is 7.43. The van der Waals surface area contributed by atoms with Gasteiger partial charge in [-0.3, -0.25) is 0 Å². The fourth-order valence-electron chi connectivity index (χ4n) is 2.30. The number of nitrogens with one attached hydrogen (secondary N) is 2. The Hall–Kier alpha value is -3.42. The van der Waals surface area contributed by atoms with E-state index in [1.54, 1.807) is 24.8 Å². The van der Waals surface area contributed by atoms with Gasteiger partial charge in [-0.1, -0.05) is 30.3 Å². The maximum atomic E-state index is 12.0. The van der Waals surface area contributed by atoms with Crippen LogP contribution in [0.3, 0.4) is 0 Å². The number of amides is 2. The zero-order valence-corrected chi connectivity index (χ0v) is 14.8. The van der Waals surface area contributed by atoms with E-state index < -0.39 is 0 Å². The van der Waals surface area contributed by atoms with E-state index in [0.717, 1.165) is 12.1 Å². The van der Waals surface area contributed by atoms with Crippen molar-refractivity contribution in [2.45, 2.75) is 6.42 Å². The number of hydrogen-bond donors (Lipinski definition) is 2. The van der Waals surface area contributed by atoms with Crippen molar-refractivity contribution in [2.24, 2.45) is 0 Å². The normalized spacial score (nSPS) is 10.4. The zero-order valence-electron chi connectivity index (χ0n) is 14.8. The third-order valence-corrected chi connectivity index (χ3v) is 3.73. The van der Waals surface area contributed by atoms with E-state index in [0.29, 0.717) is 18.2 Å². The Labute approximate surface area is 151 Å². The standard InChI is InChI=1S/C18H21N7O/c1-24(2)16-11-20-17(21-12-16)25-13-15(10-22-25)23-18(26)19-9-8-14-6-4-3-5-7-14/h3-7,10-13H,8-9H2,1-2H3,(H2,19,23,26). The largest absolute Gasteiger partial charge is 0.375 e. The minimum atomic E-state index is -0.274. The van der Waals surface area contributed by atoms with Crippen molar-refractivity contribution >= 4 is 17.4 Å². The van der Waals surface area contributed by atoms with Crippen molar-refractivity contribution in [3.63, 3.8) is 0 Å². The molecule has 0 bridgehead atoms. The van der Waals surface area contributed by atoms with Crippen LogP contribution in [0.5, 0.6) is 0 Å². The highest BCUT2D eigenvalue weighted by molar-refractivity contribution is 5.88. The van der Waals surface area contributed by atoms with Gasteiger partial charge in [-0.2, -0.15) is 5.10 Å². The summed E-state index contributed by atoms with van der Waals surface area (Å²) in [6.45, 7) is 0.555. The van der Waals surface area contributed by atoms with Crippen LogP contribution in [0.15, 0.2) is 55.1 Å². The second kappa shape index (κ2) is 8.11. The maximum Gasteiger partial charge on any atom is 0.319 e. The summed E-state index contributed by atoms with van der Waals surface area (Å²) in [5, 5.41) is 9.75. The third-order valence-electron chi connectivity index (χ3n) is 3.73. The molecule has 0 saturated heterocycles. The van der Waals surface area contributed by atoms with Crippen molar-refractivity contribution in [3.8, 4) is 5.95 Å². The molecule has 3 aromatic rings. The molecule has 0 unspecified atom stereocenters. The molecule has 2 N–H and O–H groups in total. The highest BCUT2D eigenvalue weighted by atomic mass is 16.2. The lowest BCUT2D eigenvalue weighted by molar-refractivity contribution is 0.252. The van der Waals surface area contributed by atoms with Gasteiger partial charge in [0, 0.05) is 20.6 Å². The van der Waals surface area contributed by atoms with E-state index in [-0.39, 0.29) is 6.03 Å². The molecule has 26 heavy (non-hydrogen) atoms. The number of carbonyl (C=O) groups is 1. The third kappa shape index (κ3) is 4.56. The highest BCUT2D eigenvalue weighted by Gasteiger charge is 2.07. The summed E-state index contributed by atoms with van der Waals surface area (Å²) >= 11 is 0. The van der Waals surface area contributed by atoms with Gasteiger partial charge in [0.1, 0.15) is 0 Å². The van der Waals surface area contributed by atoms with E-state index in [9.17, 15) is 4.79 Å². The van der Waals surface area contributed by atoms with Gasteiger partial charge in [0.25, 0.3) is 5.95 Å². The molecular formula is C18H21N7O. The second-order valence-electron chi connectivity index (χ2n) is 5.93. The van der Waals surface area contributed by atoms with E-state index in [2.05, 4.69) is 25.7 Å². The number of carbonyl (C=O) groups excluding carboxylic acids is 1. The molecular weight excluding hydrogens is 330 g/mol. The van der Waals surface area contributed by atoms with Crippen molar-refractivity contribution in [3.05, 3.63) is 60.7 Å². The second-order valence-corrected chi connectivity index (χ2v) is 5.93. The van der Waals surface area contributed by atoms with Gasteiger partial charge < -0.3 is 15.5 Å². The molecule has 0 saturated carbocycles. The molecule has 8 nitrogen and oxygen atoms in total. The van der Waals surface area contributed by atoms with Gasteiger partial charge in [-0.15, -0.1) is 0 Å². The van der Waals surface area contributed by atoms with Crippen LogP contribution < -0.4 is 15.5 Å². The number of rotatable bonds is 6. The summed E-state index contributed by atoms with van der Waals surface area (Å²) in [4.78, 5) is 22.4. The average Bonchev–Trinajstić information content (AvgIpc) is 3.11. The minimum Gasteiger partial charge on any atom is -0.375 e. The van der Waals surface area contributed by atoms with Crippen LogP contribution in [-0.2, 0) is 6.42 Å². The first-order chi connectivity index (χ1) is 12.6. The summed E-state index contributed by atoms with van der Waals surface area (Å²) in [7, 11) is 3.84. The van der Waals surface area contributed by atoms with Crippen molar-refractivity contribution in [1.29, 1.82) is 0 Å². The average molecular weight is 351 g/mol. The van der Waals surface area contributed by atoms with Crippen LogP contribution in [0, 0.1) is 0 Å². The highest BCUT2D eigenvalue weighted by Crippen LogP contribution is 2.11. The molecule has 2 heterocycles. The molecule has 2 aromatic heterocycles. The Morgan fingerprint density at radius 1 is 1.12 bits per heavy atom. The molecule has 0 atom stereocenters. The summed E-state index contributed by atoms with van der Waals surface area (Å²) in [5.41, 5.74) is 2.65. The van der Waals surface area contributed by atoms with Crippen LogP contribution in [-0.4, -0.2) is 46.4 Å². The van der Waals surface area contributed by atoms with E-state index in [1.807, 2.05) is 49.3 Å². The minimum absolute atomic E-state index is 0.274. The molecule has 0 aliphatic carbocycles. The van der Waals surface area contributed by atoms with E-state index in [4.69, 9.17) is 0 Å². The number of benzene rings is 1. The van der Waals surface area contributed by atoms with Crippen LogP contribution in [0.25, 0.3) is 5.95 Å². The number of urea groups is 1. The first kappa shape index (κ1) is 17.4. The van der Waals surface area contributed by atoms with E-state index in [1.165, 1.54) is 10.2 Å². The fraction of sp³-hybridized carbons (Fsp3) is 0.222. The quantitative estimate of drug-likeness (QED) is 0.710. The van der Waals surface area contributed by atoms with Crippen LogP contribution in [0.4, 0.5) is 16.2 Å². The van der Waals surface area contributed by atoms with Crippen LogP contribution in [0.1, 0.15) is 5.56 Å². The molecule has 0 aliphatic rings. The Bertz CT molecular complexity index is 843. The van der Waals surface area contributed by atoms with Crippen molar-refractivity contribution in [2.75, 3.05) is 30.9 Å². The van der Waals surface area contributed by atoms with Crippen molar-refractivity contribution in [1.82, 2.24) is 25.1 Å². The predicted octanol–water partition coefficient (Wildman–Crippen LogP) is 2.09. The Kier molecular flexibility index (Phi) is 5.43. The number of nitrogens with zero attached hydrogens (tertiary/aromatic N) is 5. The summed E-state index contributed by atoms with van der Waals surface area (Å²) in [6, 6.07) is 9.73. The smallest absolute Gasteiger partial charge is 0.319 e. The molecule has 1 aromatic carbocycles. The number of aromatic nitrogens is 4. The molecule has 0 fully saturated rings. The number of anilines is 2. The molecule has 0 aliphatic heterocycles. The summed E-state index contributed by atoms with van der Waals surface area (Å²) < 4.78 is 1.51. The first-order valence-electron chi connectivity index (χ1n) is 8.25. The Morgan fingerprint density at radius 3 is 2.54 bits per heavy atom. The van der Waals surface area contributed by atoms with Crippen LogP contribution >= 0.6 is 0 Å². The molecule has 0 radical (unpaired) electrons. The SMILES string of the molecule is CN(C)c1cnc(-n2cc(NC(=O)NCCc3ccccc3)cn2)nc1. The maximum absolute atomic E-state index is 12.0. The van der Waals surface area contributed by atoms with Gasteiger partial charge in [0.05, 0.1) is 36.2 Å². The first-order valence-corrected chi connectivity index (χ1v) is 8.25. The molecule has 2 amide bonds. The molecule has 3 rings (SSSR count). The summed E-state index contributed by atoms with van der Waals surface area (Å²) in [5.74, 6) is 0.438. The topological polar surface area (TPSA) is 88.0 Å². The van der Waals surface area contributed by atoms with Crippen LogP contribution in [0.2, 0.25) is 0 Å². The zero-order chi connectivity index (χ0) is 18.4. The predicted molar refractivity (Wildman–Crippen MR) is 101 cm³/mol. The lowest BCUT2D eigenvalue weighted by Gasteiger charge is -2.10. The molecule has 134 valence electrons. The van der Waals surface area contributed by atoms with Gasteiger partial charge in [-0.05, 0) is 12.0 Å². The van der Waals surface area contributed by atoms with E-state index >= 15 is 0 Å². The Morgan fingerprint density at radius 2 is 1.85 bits per heavy atom.